The van der Waals surface area contributed by atoms with Crippen molar-refractivity contribution in [3.05, 3.63) is 29.0 Å². The van der Waals surface area contributed by atoms with Crippen LogP contribution in [-0.2, 0) is 6.54 Å². The van der Waals surface area contributed by atoms with E-state index in [-0.39, 0.29) is 0 Å². The molecule has 1 aromatic rings. The van der Waals surface area contributed by atoms with Gasteiger partial charge >= 0.3 is 0 Å². The highest BCUT2D eigenvalue weighted by atomic mass is 35.5. The summed E-state index contributed by atoms with van der Waals surface area (Å²) in [5.74, 6) is 0.912. The Hall–Kier alpha value is -0.600. The number of aromatic nitrogens is 1. The van der Waals surface area contributed by atoms with E-state index in [4.69, 9.17) is 11.6 Å². The summed E-state index contributed by atoms with van der Waals surface area (Å²) in [6.45, 7) is 3.15. The fourth-order valence-corrected chi connectivity index (χ4v) is 2.01. The molecule has 1 aromatic heterocycles. The van der Waals surface area contributed by atoms with E-state index >= 15 is 0 Å². The Bertz CT molecular complexity index is 306. The first-order valence-electron chi connectivity index (χ1n) is 5.63. The van der Waals surface area contributed by atoms with Crippen LogP contribution >= 0.6 is 11.6 Å². The Labute approximate surface area is 96.1 Å². The molecule has 0 bridgehead atoms. The summed E-state index contributed by atoms with van der Waals surface area (Å²) in [4.78, 5) is 4.07. The highest BCUT2D eigenvalue weighted by molar-refractivity contribution is 6.29. The minimum absolute atomic E-state index is 0.563. The van der Waals surface area contributed by atoms with Gasteiger partial charge in [0.05, 0.1) is 0 Å². The van der Waals surface area contributed by atoms with Crippen LogP contribution < -0.4 is 5.32 Å². The van der Waals surface area contributed by atoms with Crippen LogP contribution in [0.5, 0.6) is 0 Å². The standard InChI is InChI=1S/C12H17ClN2/c1-2-11(10-4-5-10)14-7-9-3-6-12(13)15-8-9/h3,6,8,10-11,14H,2,4-5,7H2,1H3. The molecular weight excluding hydrogens is 208 g/mol. The Morgan fingerprint density at radius 3 is 2.87 bits per heavy atom. The maximum atomic E-state index is 5.73. The minimum Gasteiger partial charge on any atom is -0.310 e. The predicted octanol–water partition coefficient (Wildman–Crippen LogP) is 3.01. The van der Waals surface area contributed by atoms with Gasteiger partial charge in [0.1, 0.15) is 5.15 Å². The summed E-state index contributed by atoms with van der Waals surface area (Å²) in [6.07, 6.45) is 5.84. The van der Waals surface area contributed by atoms with Gasteiger partial charge in [0.2, 0.25) is 0 Å². The third-order valence-corrected chi connectivity index (χ3v) is 3.21. The van der Waals surface area contributed by atoms with E-state index in [2.05, 4.69) is 17.2 Å². The molecular formula is C12H17ClN2. The Kier molecular flexibility index (Phi) is 3.60. The normalized spacial score (nSPS) is 17.7. The zero-order chi connectivity index (χ0) is 10.7. The fourth-order valence-electron chi connectivity index (χ4n) is 1.90. The van der Waals surface area contributed by atoms with E-state index in [0.717, 1.165) is 12.5 Å². The molecule has 0 saturated heterocycles. The van der Waals surface area contributed by atoms with Gasteiger partial charge in [0, 0.05) is 18.8 Å². The number of hydrogen-bond donors (Lipinski definition) is 1. The van der Waals surface area contributed by atoms with Crippen LogP contribution in [0.1, 0.15) is 31.7 Å². The van der Waals surface area contributed by atoms with E-state index in [1.807, 2.05) is 18.3 Å². The van der Waals surface area contributed by atoms with Crippen molar-refractivity contribution in [1.29, 1.82) is 0 Å². The first-order valence-corrected chi connectivity index (χ1v) is 6.01. The summed E-state index contributed by atoms with van der Waals surface area (Å²) in [6, 6.07) is 4.55. The van der Waals surface area contributed by atoms with E-state index < -0.39 is 0 Å². The molecule has 0 aliphatic heterocycles. The monoisotopic (exact) mass is 224 g/mol. The first kappa shape index (κ1) is 10.9. The topological polar surface area (TPSA) is 24.9 Å². The van der Waals surface area contributed by atoms with Gasteiger partial charge in [0.25, 0.3) is 0 Å². The number of nitrogens with one attached hydrogen (secondary N) is 1. The molecule has 15 heavy (non-hydrogen) atoms. The van der Waals surface area contributed by atoms with Crippen molar-refractivity contribution in [1.82, 2.24) is 10.3 Å². The lowest BCUT2D eigenvalue weighted by atomic mass is 10.1. The van der Waals surface area contributed by atoms with Gasteiger partial charge in [-0.2, -0.15) is 0 Å². The van der Waals surface area contributed by atoms with E-state index in [9.17, 15) is 0 Å². The second-order valence-corrected chi connectivity index (χ2v) is 4.61. The smallest absolute Gasteiger partial charge is 0.129 e. The van der Waals surface area contributed by atoms with Crippen molar-refractivity contribution in [2.45, 2.75) is 38.8 Å². The van der Waals surface area contributed by atoms with Crippen molar-refractivity contribution < 1.29 is 0 Å². The summed E-state index contributed by atoms with van der Waals surface area (Å²) >= 11 is 5.73. The summed E-state index contributed by atoms with van der Waals surface area (Å²) in [5, 5.41) is 4.15. The van der Waals surface area contributed by atoms with Crippen LogP contribution in [0.15, 0.2) is 18.3 Å². The van der Waals surface area contributed by atoms with Crippen LogP contribution in [0.25, 0.3) is 0 Å². The zero-order valence-electron chi connectivity index (χ0n) is 9.04. The van der Waals surface area contributed by atoms with Gasteiger partial charge in [0.15, 0.2) is 0 Å². The second-order valence-electron chi connectivity index (χ2n) is 4.22. The molecule has 1 aliphatic rings. The SMILES string of the molecule is CCC(NCc1ccc(Cl)nc1)C1CC1. The van der Waals surface area contributed by atoms with Crippen molar-refractivity contribution in [3.63, 3.8) is 0 Å². The van der Waals surface area contributed by atoms with E-state index in [0.29, 0.717) is 11.2 Å². The van der Waals surface area contributed by atoms with E-state index in [1.165, 1.54) is 24.8 Å². The molecule has 2 nitrogen and oxygen atoms in total. The summed E-state index contributed by atoms with van der Waals surface area (Å²) in [7, 11) is 0. The molecule has 0 aromatic carbocycles. The molecule has 0 amide bonds. The van der Waals surface area contributed by atoms with Crippen molar-refractivity contribution in [2.75, 3.05) is 0 Å². The molecule has 1 unspecified atom stereocenters. The molecule has 1 fully saturated rings. The van der Waals surface area contributed by atoms with Gasteiger partial charge in [-0.05, 0) is 36.8 Å². The number of nitrogens with zero attached hydrogens (tertiary/aromatic N) is 1. The van der Waals surface area contributed by atoms with Crippen molar-refractivity contribution >= 4 is 11.6 Å². The maximum Gasteiger partial charge on any atom is 0.129 e. The number of rotatable bonds is 5. The second kappa shape index (κ2) is 4.95. The largest absolute Gasteiger partial charge is 0.310 e. The fraction of sp³-hybridized carbons (Fsp3) is 0.583. The number of pyridine rings is 1. The lowest BCUT2D eigenvalue weighted by molar-refractivity contribution is 0.449. The van der Waals surface area contributed by atoms with Crippen molar-refractivity contribution in [3.8, 4) is 0 Å². The number of hydrogen-bond acceptors (Lipinski definition) is 2. The van der Waals surface area contributed by atoms with Crippen LogP contribution in [0.2, 0.25) is 5.15 Å². The zero-order valence-corrected chi connectivity index (χ0v) is 9.80. The summed E-state index contributed by atoms with van der Waals surface area (Å²) in [5.41, 5.74) is 1.21. The molecule has 1 N–H and O–H groups in total. The van der Waals surface area contributed by atoms with Crippen LogP contribution in [0.3, 0.4) is 0 Å². The molecule has 1 aliphatic carbocycles. The molecule has 3 heteroatoms. The predicted molar refractivity (Wildman–Crippen MR) is 62.9 cm³/mol. The minimum atomic E-state index is 0.563. The van der Waals surface area contributed by atoms with Gasteiger partial charge in [-0.15, -0.1) is 0 Å². The van der Waals surface area contributed by atoms with Gasteiger partial charge in [-0.1, -0.05) is 24.6 Å². The van der Waals surface area contributed by atoms with Crippen LogP contribution in [-0.4, -0.2) is 11.0 Å². The molecule has 1 heterocycles. The van der Waals surface area contributed by atoms with Crippen LogP contribution in [0.4, 0.5) is 0 Å². The average molecular weight is 225 g/mol. The lowest BCUT2D eigenvalue weighted by Crippen LogP contribution is -2.29. The maximum absolute atomic E-state index is 5.73. The highest BCUT2D eigenvalue weighted by Crippen LogP contribution is 2.33. The van der Waals surface area contributed by atoms with Gasteiger partial charge in [-0.3, -0.25) is 0 Å². The molecule has 0 spiro atoms. The molecule has 1 atom stereocenters. The molecule has 2 rings (SSSR count). The average Bonchev–Trinajstić information content (AvgIpc) is 3.06. The Morgan fingerprint density at radius 2 is 2.33 bits per heavy atom. The third kappa shape index (κ3) is 3.18. The molecule has 82 valence electrons. The summed E-state index contributed by atoms with van der Waals surface area (Å²) < 4.78 is 0. The van der Waals surface area contributed by atoms with Gasteiger partial charge in [-0.25, -0.2) is 4.98 Å². The highest BCUT2D eigenvalue weighted by Gasteiger charge is 2.29. The number of halogens is 1. The lowest BCUT2D eigenvalue weighted by Gasteiger charge is -2.15. The molecule has 0 radical (unpaired) electrons. The molecule has 1 saturated carbocycles. The first-order chi connectivity index (χ1) is 7.29. The van der Waals surface area contributed by atoms with Crippen molar-refractivity contribution in [2.24, 2.45) is 5.92 Å². The third-order valence-electron chi connectivity index (χ3n) is 2.99. The van der Waals surface area contributed by atoms with Crippen LogP contribution in [0, 0.1) is 5.92 Å². The van der Waals surface area contributed by atoms with E-state index in [1.54, 1.807) is 0 Å². The quantitative estimate of drug-likeness (QED) is 0.778. The van der Waals surface area contributed by atoms with Gasteiger partial charge < -0.3 is 5.32 Å². The Balaban J connectivity index is 1.83. The Morgan fingerprint density at radius 1 is 1.53 bits per heavy atom.